The predicted octanol–water partition coefficient (Wildman–Crippen LogP) is 5.67. The number of piperazine rings is 1. The monoisotopic (exact) mass is 594 g/mol. The van der Waals surface area contributed by atoms with Crippen molar-refractivity contribution in [2.45, 2.75) is 55.9 Å². The average molecular weight is 595 g/mol. The van der Waals surface area contributed by atoms with E-state index in [-0.39, 0.29) is 41.3 Å². The first-order valence-electron chi connectivity index (χ1n) is 14.7. The van der Waals surface area contributed by atoms with Crippen LogP contribution in [0, 0.1) is 11.6 Å². The topological polar surface area (TPSA) is 66.4 Å². The number of nitrogens with one attached hydrogen (secondary N) is 1. The second-order valence-electron chi connectivity index (χ2n) is 12.1. The van der Waals surface area contributed by atoms with Crippen LogP contribution in [0.2, 0.25) is 5.02 Å². The lowest BCUT2D eigenvalue weighted by Crippen LogP contribution is -2.52. The van der Waals surface area contributed by atoms with E-state index in [1.165, 1.54) is 12.3 Å². The Hall–Kier alpha value is -3.21. The van der Waals surface area contributed by atoms with E-state index in [4.69, 9.17) is 21.3 Å². The number of halogens is 4. The van der Waals surface area contributed by atoms with Crippen LogP contribution >= 0.6 is 11.6 Å². The van der Waals surface area contributed by atoms with Crippen LogP contribution in [0.5, 0.6) is 6.01 Å². The summed E-state index contributed by atoms with van der Waals surface area (Å²) >= 11 is 6.52. The van der Waals surface area contributed by atoms with Crippen molar-refractivity contribution in [2.75, 3.05) is 37.7 Å². The minimum Gasteiger partial charge on any atom is -0.461 e. The number of hydrogen-bond acceptors (Lipinski definition) is 7. The first kappa shape index (κ1) is 26.4. The van der Waals surface area contributed by atoms with Gasteiger partial charge in [0.05, 0.1) is 11.1 Å². The van der Waals surface area contributed by atoms with Crippen molar-refractivity contribution in [3.8, 4) is 17.1 Å². The number of pyridine rings is 1. The summed E-state index contributed by atoms with van der Waals surface area (Å²) < 4.78 is 53.4. The van der Waals surface area contributed by atoms with E-state index in [1.54, 1.807) is 24.4 Å². The third kappa shape index (κ3) is 4.06. The second kappa shape index (κ2) is 9.92. The molecule has 6 heterocycles. The Morgan fingerprint density at radius 3 is 2.79 bits per heavy atom. The van der Waals surface area contributed by atoms with Crippen molar-refractivity contribution in [3.05, 3.63) is 53.3 Å². The van der Waals surface area contributed by atoms with Crippen LogP contribution in [-0.2, 0) is 0 Å². The Kier molecular flexibility index (Phi) is 6.24. The quantitative estimate of drug-likeness (QED) is 0.319. The van der Waals surface area contributed by atoms with Crippen LogP contribution in [0.25, 0.3) is 32.8 Å². The fraction of sp³-hybridized carbons (Fsp3) is 0.452. The first-order valence-corrected chi connectivity index (χ1v) is 15.0. The summed E-state index contributed by atoms with van der Waals surface area (Å²) in [5, 5.41) is 5.30. The molecule has 0 radical (unpaired) electrons. The van der Waals surface area contributed by atoms with Gasteiger partial charge in [0.1, 0.15) is 29.9 Å². The summed E-state index contributed by atoms with van der Waals surface area (Å²) in [6.07, 6.45) is 6.26. The first-order chi connectivity index (χ1) is 20.4. The minimum atomic E-state index is -0.900. The van der Waals surface area contributed by atoms with Gasteiger partial charge in [-0.2, -0.15) is 9.97 Å². The molecule has 2 bridgehead atoms. The summed E-state index contributed by atoms with van der Waals surface area (Å²) in [5.41, 5.74) is -0.433. The minimum absolute atomic E-state index is 0.0181. The van der Waals surface area contributed by atoms with Gasteiger partial charge in [0.2, 0.25) is 0 Å². The van der Waals surface area contributed by atoms with Crippen molar-refractivity contribution in [3.63, 3.8) is 0 Å². The van der Waals surface area contributed by atoms with Gasteiger partial charge in [0, 0.05) is 77.3 Å². The van der Waals surface area contributed by atoms with Gasteiger partial charge in [0.25, 0.3) is 0 Å². The molecule has 0 saturated carbocycles. The molecule has 2 aromatic heterocycles. The molecule has 7 nitrogen and oxygen atoms in total. The molecule has 2 aromatic carbocycles. The van der Waals surface area contributed by atoms with Crippen LogP contribution in [0.4, 0.5) is 19.0 Å². The van der Waals surface area contributed by atoms with Crippen molar-refractivity contribution in [2.24, 2.45) is 0 Å². The van der Waals surface area contributed by atoms with E-state index in [9.17, 15) is 4.39 Å². The molecule has 4 aliphatic rings. The van der Waals surface area contributed by atoms with Gasteiger partial charge in [-0.1, -0.05) is 23.7 Å². The van der Waals surface area contributed by atoms with E-state index in [1.807, 2.05) is 0 Å². The van der Waals surface area contributed by atoms with Crippen molar-refractivity contribution < 1.29 is 17.9 Å². The molecule has 1 N–H and O–H groups in total. The Labute approximate surface area is 246 Å². The predicted molar refractivity (Wildman–Crippen MR) is 156 cm³/mol. The van der Waals surface area contributed by atoms with Crippen LogP contribution in [-0.4, -0.2) is 76.4 Å². The average Bonchev–Trinajstić information content (AvgIpc) is 3.58. The zero-order valence-electron chi connectivity index (χ0n) is 22.9. The van der Waals surface area contributed by atoms with E-state index in [0.717, 1.165) is 45.3 Å². The third-order valence-electron chi connectivity index (χ3n) is 9.70. The maximum atomic E-state index is 16.7. The molecule has 4 fully saturated rings. The fourth-order valence-electron chi connectivity index (χ4n) is 7.82. The number of hydrogen-bond donors (Lipinski definition) is 1. The van der Waals surface area contributed by atoms with Gasteiger partial charge in [-0.3, -0.25) is 9.88 Å². The molecule has 3 unspecified atom stereocenters. The lowest BCUT2D eigenvalue weighted by Gasteiger charge is -2.37. The lowest BCUT2D eigenvalue weighted by atomic mass is 9.95. The number of fused-ring (bicyclic) bond motifs is 5. The largest absolute Gasteiger partial charge is 0.461 e. The zero-order valence-corrected chi connectivity index (χ0v) is 23.7. The number of rotatable bonds is 5. The number of anilines is 1. The molecule has 11 heteroatoms. The highest BCUT2D eigenvalue weighted by Crippen LogP contribution is 2.43. The molecule has 42 heavy (non-hydrogen) atoms. The maximum Gasteiger partial charge on any atom is 0.319 e. The molecule has 4 atom stereocenters. The molecule has 0 spiro atoms. The van der Waals surface area contributed by atoms with Crippen molar-refractivity contribution in [1.29, 1.82) is 0 Å². The normalized spacial score (nSPS) is 27.3. The second-order valence-corrected chi connectivity index (χ2v) is 12.5. The van der Waals surface area contributed by atoms with Crippen LogP contribution < -0.4 is 15.0 Å². The number of nitrogens with zero attached hydrogens (tertiary/aromatic N) is 5. The van der Waals surface area contributed by atoms with Gasteiger partial charge in [-0.25, -0.2) is 13.2 Å². The maximum absolute atomic E-state index is 16.7. The number of aromatic nitrogens is 3. The molecular weight excluding hydrogens is 565 g/mol. The summed E-state index contributed by atoms with van der Waals surface area (Å²) in [5.74, 6) is -1.09. The molecule has 4 aliphatic heterocycles. The SMILES string of the molecule is Fc1cc2c(N3C4CCC3CNC4)nc(OCC34CCCN3C[C@H](F)C4)nc2c(F)c1-c1cncc2cccc(Cl)c12. The number of ether oxygens (including phenoxy) is 1. The van der Waals surface area contributed by atoms with E-state index in [0.29, 0.717) is 40.0 Å². The van der Waals surface area contributed by atoms with Gasteiger partial charge < -0.3 is 15.0 Å². The Morgan fingerprint density at radius 2 is 1.95 bits per heavy atom. The molecule has 4 saturated heterocycles. The standard InChI is InChI=1S/C31H30ClF3N6O/c32-23-4-1-3-17-11-36-14-22(25(17)23)26-24(34)9-21-28(27(26)35)38-30(39-29(21)41-19-5-6-20(41)13-37-12-19)42-16-31-7-2-8-40(31)15-18(33)10-31/h1,3-4,9,11,14,18-20,37H,2,5-8,10,12-13,15-16H2/t18-,19?,20?,31?/m1/s1. The van der Waals surface area contributed by atoms with Crippen LogP contribution in [0.3, 0.4) is 0 Å². The van der Waals surface area contributed by atoms with E-state index >= 15 is 8.78 Å². The molecule has 8 rings (SSSR count). The highest BCUT2D eigenvalue weighted by atomic mass is 35.5. The van der Waals surface area contributed by atoms with Crippen LogP contribution in [0.15, 0.2) is 36.7 Å². The molecular formula is C31H30ClF3N6O. The van der Waals surface area contributed by atoms with Gasteiger partial charge in [0.15, 0.2) is 5.82 Å². The van der Waals surface area contributed by atoms with Gasteiger partial charge >= 0.3 is 6.01 Å². The van der Waals surface area contributed by atoms with E-state index in [2.05, 4.69) is 25.1 Å². The molecule has 0 amide bonds. The van der Waals surface area contributed by atoms with E-state index < -0.39 is 23.3 Å². The number of benzene rings is 2. The smallest absolute Gasteiger partial charge is 0.319 e. The highest BCUT2D eigenvalue weighted by Gasteiger charge is 2.49. The third-order valence-corrected chi connectivity index (χ3v) is 10.0. The molecule has 4 aromatic rings. The Bertz CT molecular complexity index is 1700. The van der Waals surface area contributed by atoms with Crippen LogP contribution in [0.1, 0.15) is 32.1 Å². The van der Waals surface area contributed by atoms with Gasteiger partial charge in [-0.15, -0.1) is 0 Å². The molecule has 0 aliphatic carbocycles. The summed E-state index contributed by atoms with van der Waals surface area (Å²) in [4.78, 5) is 17.9. The summed E-state index contributed by atoms with van der Waals surface area (Å²) in [6.45, 7) is 2.97. The highest BCUT2D eigenvalue weighted by molar-refractivity contribution is 6.36. The Morgan fingerprint density at radius 1 is 1.12 bits per heavy atom. The zero-order chi connectivity index (χ0) is 28.6. The lowest BCUT2D eigenvalue weighted by molar-refractivity contribution is 0.107. The van der Waals surface area contributed by atoms with Gasteiger partial charge in [-0.05, 0) is 44.4 Å². The van der Waals surface area contributed by atoms with Crippen molar-refractivity contribution >= 4 is 39.1 Å². The fourth-order valence-corrected chi connectivity index (χ4v) is 8.10. The van der Waals surface area contributed by atoms with Crippen molar-refractivity contribution in [1.82, 2.24) is 25.2 Å². The number of alkyl halides is 1. The Balaban J connectivity index is 1.29. The molecule has 218 valence electrons. The summed E-state index contributed by atoms with van der Waals surface area (Å²) in [7, 11) is 0. The summed E-state index contributed by atoms with van der Waals surface area (Å²) in [6, 6.07) is 6.90.